The molecule has 1 N–H and O–H groups in total. The highest BCUT2D eigenvalue weighted by Crippen LogP contribution is 2.20. The lowest BCUT2D eigenvalue weighted by atomic mass is 10.3. The minimum absolute atomic E-state index is 0.358. The lowest BCUT2D eigenvalue weighted by Gasteiger charge is -2.07. The van der Waals surface area contributed by atoms with Crippen molar-refractivity contribution in [1.29, 1.82) is 0 Å². The van der Waals surface area contributed by atoms with Gasteiger partial charge in [0.1, 0.15) is 0 Å². The zero-order chi connectivity index (χ0) is 12.9. The van der Waals surface area contributed by atoms with Crippen LogP contribution in [0.4, 0.5) is 14.5 Å². The van der Waals surface area contributed by atoms with Gasteiger partial charge in [-0.05, 0) is 30.5 Å². The van der Waals surface area contributed by atoms with Crippen LogP contribution in [0.25, 0.3) is 0 Å². The number of nitrogens with one attached hydrogen (secondary N) is 1. The third kappa shape index (κ3) is 3.85. The van der Waals surface area contributed by atoms with Gasteiger partial charge in [-0.3, -0.25) is 0 Å². The standard InChI is InChI=1S/C10H13F2NO2S2/c1-16-7-6-13-8-2-4-9(5-3-8)17(14,15)10(11)12/h2-5,10,13H,6-7H2,1H3. The average Bonchev–Trinajstić information content (AvgIpc) is 2.30. The van der Waals surface area contributed by atoms with E-state index in [9.17, 15) is 17.2 Å². The summed E-state index contributed by atoms with van der Waals surface area (Å²) < 4.78 is 46.7. The molecule has 0 saturated heterocycles. The highest BCUT2D eigenvalue weighted by molar-refractivity contribution is 7.98. The van der Waals surface area contributed by atoms with Crippen molar-refractivity contribution in [2.24, 2.45) is 0 Å². The first-order valence-corrected chi connectivity index (χ1v) is 7.77. The summed E-state index contributed by atoms with van der Waals surface area (Å²) in [4.78, 5) is -0.358. The molecular weight excluding hydrogens is 268 g/mol. The molecule has 0 unspecified atom stereocenters. The van der Waals surface area contributed by atoms with Gasteiger partial charge in [0.15, 0.2) is 0 Å². The summed E-state index contributed by atoms with van der Waals surface area (Å²) in [5, 5.41) is 3.05. The van der Waals surface area contributed by atoms with E-state index in [2.05, 4.69) is 5.32 Å². The van der Waals surface area contributed by atoms with E-state index in [1.165, 1.54) is 24.3 Å². The first kappa shape index (κ1) is 14.2. The quantitative estimate of drug-likeness (QED) is 0.814. The molecule has 0 heterocycles. The van der Waals surface area contributed by atoms with Gasteiger partial charge in [-0.25, -0.2) is 8.42 Å². The summed E-state index contributed by atoms with van der Waals surface area (Å²) in [5.74, 6) is -2.46. The Bertz CT molecular complexity index is 446. The second-order valence-electron chi connectivity index (χ2n) is 3.25. The van der Waals surface area contributed by atoms with E-state index < -0.39 is 15.6 Å². The monoisotopic (exact) mass is 281 g/mol. The number of alkyl halides is 2. The summed E-state index contributed by atoms with van der Waals surface area (Å²) in [6.45, 7) is 0.738. The second kappa shape index (κ2) is 6.20. The lowest BCUT2D eigenvalue weighted by molar-refractivity contribution is 0.234. The zero-order valence-electron chi connectivity index (χ0n) is 9.19. The average molecular weight is 281 g/mol. The Morgan fingerprint density at radius 1 is 1.29 bits per heavy atom. The molecule has 0 radical (unpaired) electrons. The number of sulfone groups is 1. The van der Waals surface area contributed by atoms with Crippen LogP contribution in [0.15, 0.2) is 29.2 Å². The number of halogens is 2. The Hall–Kier alpha value is -0.820. The molecule has 0 amide bonds. The minimum Gasteiger partial charge on any atom is -0.384 e. The first-order chi connectivity index (χ1) is 7.98. The van der Waals surface area contributed by atoms with E-state index in [1.807, 2.05) is 6.26 Å². The molecule has 0 saturated carbocycles. The van der Waals surface area contributed by atoms with E-state index in [0.717, 1.165) is 12.3 Å². The van der Waals surface area contributed by atoms with Crippen LogP contribution in [0.2, 0.25) is 0 Å². The molecule has 0 aromatic heterocycles. The Balaban J connectivity index is 2.75. The van der Waals surface area contributed by atoms with Gasteiger partial charge in [0.25, 0.3) is 0 Å². The number of rotatable bonds is 6. The third-order valence-corrected chi connectivity index (χ3v) is 4.06. The second-order valence-corrected chi connectivity index (χ2v) is 6.15. The molecule has 96 valence electrons. The summed E-state index contributed by atoms with van der Waals surface area (Å²) >= 11 is 1.67. The number of hydrogen-bond acceptors (Lipinski definition) is 4. The van der Waals surface area contributed by atoms with Crippen LogP contribution in [0, 0.1) is 0 Å². The Morgan fingerprint density at radius 2 is 1.88 bits per heavy atom. The van der Waals surface area contributed by atoms with Crippen molar-refractivity contribution < 1.29 is 17.2 Å². The van der Waals surface area contributed by atoms with Crippen molar-refractivity contribution >= 4 is 27.3 Å². The van der Waals surface area contributed by atoms with Crippen molar-refractivity contribution in [1.82, 2.24) is 0 Å². The van der Waals surface area contributed by atoms with Crippen LogP contribution >= 0.6 is 11.8 Å². The number of anilines is 1. The highest BCUT2D eigenvalue weighted by Gasteiger charge is 2.26. The van der Waals surface area contributed by atoms with Gasteiger partial charge < -0.3 is 5.32 Å². The van der Waals surface area contributed by atoms with Crippen molar-refractivity contribution in [3.05, 3.63) is 24.3 Å². The summed E-state index contributed by atoms with van der Waals surface area (Å²) in [6, 6.07) is 5.33. The van der Waals surface area contributed by atoms with Gasteiger partial charge in [-0.2, -0.15) is 20.5 Å². The van der Waals surface area contributed by atoms with Gasteiger partial charge in [-0.1, -0.05) is 0 Å². The van der Waals surface area contributed by atoms with Gasteiger partial charge in [-0.15, -0.1) is 0 Å². The summed E-state index contributed by atoms with van der Waals surface area (Å²) in [5.41, 5.74) is 0.715. The maximum absolute atomic E-state index is 12.2. The predicted molar refractivity (Wildman–Crippen MR) is 66.5 cm³/mol. The van der Waals surface area contributed by atoms with E-state index >= 15 is 0 Å². The molecule has 0 spiro atoms. The molecule has 1 aromatic rings. The van der Waals surface area contributed by atoms with Gasteiger partial charge in [0, 0.05) is 18.0 Å². The van der Waals surface area contributed by atoms with Crippen LogP contribution in [0.3, 0.4) is 0 Å². The van der Waals surface area contributed by atoms with Crippen molar-refractivity contribution in [2.75, 3.05) is 23.9 Å². The van der Waals surface area contributed by atoms with Crippen LogP contribution in [-0.2, 0) is 9.84 Å². The minimum atomic E-state index is -4.48. The first-order valence-electron chi connectivity index (χ1n) is 4.83. The SMILES string of the molecule is CSCCNc1ccc(S(=O)(=O)C(F)F)cc1. The van der Waals surface area contributed by atoms with Gasteiger partial charge in [0.2, 0.25) is 9.84 Å². The van der Waals surface area contributed by atoms with Crippen LogP contribution in [-0.4, -0.2) is 32.7 Å². The molecule has 1 rings (SSSR count). The van der Waals surface area contributed by atoms with Gasteiger partial charge in [0.05, 0.1) is 4.90 Å². The molecule has 0 aliphatic carbocycles. The van der Waals surface area contributed by atoms with Crippen molar-refractivity contribution in [2.45, 2.75) is 10.7 Å². The largest absolute Gasteiger partial charge is 0.384 e. The smallest absolute Gasteiger partial charge is 0.341 e. The Morgan fingerprint density at radius 3 is 2.35 bits per heavy atom. The fourth-order valence-corrected chi connectivity index (χ4v) is 2.19. The molecule has 0 fully saturated rings. The predicted octanol–water partition coefficient (Wildman–Crippen LogP) is 2.46. The maximum Gasteiger partial charge on any atom is 0.341 e. The molecule has 1 aromatic carbocycles. The zero-order valence-corrected chi connectivity index (χ0v) is 10.8. The van der Waals surface area contributed by atoms with E-state index in [-0.39, 0.29) is 4.90 Å². The maximum atomic E-state index is 12.2. The van der Waals surface area contributed by atoms with Crippen LogP contribution in [0.5, 0.6) is 0 Å². The molecule has 17 heavy (non-hydrogen) atoms. The van der Waals surface area contributed by atoms with E-state index in [1.54, 1.807) is 11.8 Å². The van der Waals surface area contributed by atoms with E-state index in [0.29, 0.717) is 5.69 Å². The Labute approximate surface area is 104 Å². The molecule has 0 bridgehead atoms. The fraction of sp³-hybridized carbons (Fsp3) is 0.400. The van der Waals surface area contributed by atoms with E-state index in [4.69, 9.17) is 0 Å². The topological polar surface area (TPSA) is 46.2 Å². The molecule has 0 atom stereocenters. The fourth-order valence-electron chi connectivity index (χ4n) is 1.16. The Kier molecular flexibility index (Phi) is 5.20. The molecule has 0 aliphatic rings. The highest BCUT2D eigenvalue weighted by atomic mass is 32.2. The third-order valence-electron chi connectivity index (χ3n) is 2.05. The van der Waals surface area contributed by atoms with Crippen LogP contribution in [0.1, 0.15) is 0 Å². The number of hydrogen-bond donors (Lipinski definition) is 1. The molecule has 3 nitrogen and oxygen atoms in total. The molecular formula is C10H13F2NO2S2. The van der Waals surface area contributed by atoms with Crippen molar-refractivity contribution in [3.8, 4) is 0 Å². The number of thioether (sulfide) groups is 1. The summed E-state index contributed by atoms with van der Waals surface area (Å²) in [6.07, 6.45) is 1.97. The number of benzene rings is 1. The summed E-state index contributed by atoms with van der Waals surface area (Å²) in [7, 11) is -4.48. The van der Waals surface area contributed by atoms with Gasteiger partial charge >= 0.3 is 5.76 Å². The lowest BCUT2D eigenvalue weighted by Crippen LogP contribution is -2.11. The molecule has 0 aliphatic heterocycles. The normalized spacial score (nSPS) is 11.8. The van der Waals surface area contributed by atoms with Crippen LogP contribution < -0.4 is 5.32 Å². The molecule has 7 heteroatoms. The van der Waals surface area contributed by atoms with Crippen molar-refractivity contribution in [3.63, 3.8) is 0 Å².